The van der Waals surface area contributed by atoms with Crippen molar-refractivity contribution >= 4 is 23.1 Å². The summed E-state index contributed by atoms with van der Waals surface area (Å²) in [6, 6.07) is 11.8. The molecule has 0 saturated heterocycles. The van der Waals surface area contributed by atoms with Crippen LogP contribution in [0.2, 0.25) is 0 Å². The van der Waals surface area contributed by atoms with Crippen molar-refractivity contribution in [1.29, 1.82) is 5.26 Å². The van der Waals surface area contributed by atoms with Gasteiger partial charge < -0.3 is 15.2 Å². The number of nitrogens with one attached hydrogen (secondary N) is 1. The number of hydrogen-bond acceptors (Lipinski definition) is 6. The highest BCUT2D eigenvalue weighted by atomic mass is 16.5. The van der Waals surface area contributed by atoms with E-state index in [1.54, 1.807) is 18.2 Å². The highest BCUT2D eigenvalue weighted by Crippen LogP contribution is 2.51. The predicted octanol–water partition coefficient (Wildman–Crippen LogP) is 6.41. The van der Waals surface area contributed by atoms with Crippen molar-refractivity contribution < 1.29 is 19.4 Å². The van der Waals surface area contributed by atoms with E-state index in [0.717, 1.165) is 29.5 Å². The van der Waals surface area contributed by atoms with Gasteiger partial charge >= 0.3 is 0 Å². The minimum absolute atomic E-state index is 0.0304. The fourth-order valence-electron chi connectivity index (χ4n) is 5.75. The van der Waals surface area contributed by atoms with Crippen molar-refractivity contribution in [2.24, 2.45) is 5.41 Å². The first kappa shape index (κ1) is 26.3. The van der Waals surface area contributed by atoms with Crippen molar-refractivity contribution in [2.45, 2.75) is 58.9 Å². The van der Waals surface area contributed by atoms with Crippen LogP contribution < -0.4 is 15.0 Å². The molecule has 7 heteroatoms. The Kier molecular flexibility index (Phi) is 7.05. The number of Topliss-reactive ketones (excluding diaryl/α,β-unsaturated/α-hetero) is 1. The van der Waals surface area contributed by atoms with Crippen LogP contribution in [0.5, 0.6) is 11.5 Å². The number of aryl methyl sites for hydroxylation is 1. The molecule has 0 saturated carbocycles. The lowest BCUT2D eigenvalue weighted by molar-refractivity contribution is -0.119. The second-order valence-corrected chi connectivity index (χ2v) is 11.2. The molecule has 0 bridgehead atoms. The number of allylic oxidation sites excluding steroid dienone is 3. The average Bonchev–Trinajstić information content (AvgIpc) is 3.03. The van der Waals surface area contributed by atoms with Gasteiger partial charge in [-0.05, 0) is 72.6 Å². The van der Waals surface area contributed by atoms with Crippen LogP contribution in [0.4, 0.5) is 11.4 Å². The van der Waals surface area contributed by atoms with Gasteiger partial charge in [0.05, 0.1) is 17.8 Å². The smallest absolute Gasteiger partial charge is 0.242 e. The number of ether oxygens (including phenoxy) is 1. The van der Waals surface area contributed by atoms with Gasteiger partial charge in [0.15, 0.2) is 5.78 Å². The number of anilines is 2. The number of aromatic hydroxyl groups is 1. The summed E-state index contributed by atoms with van der Waals surface area (Å²) in [5.41, 5.74) is 4.42. The topological polar surface area (TPSA) is 103 Å². The number of amides is 1. The largest absolute Gasteiger partial charge is 0.506 e. The van der Waals surface area contributed by atoms with Crippen molar-refractivity contribution in [3.05, 3.63) is 82.6 Å². The van der Waals surface area contributed by atoms with E-state index in [4.69, 9.17) is 4.74 Å². The van der Waals surface area contributed by atoms with Gasteiger partial charge in [-0.25, -0.2) is 0 Å². The zero-order valence-electron chi connectivity index (χ0n) is 22.6. The zero-order chi connectivity index (χ0) is 27.7. The molecule has 2 aromatic rings. The van der Waals surface area contributed by atoms with Gasteiger partial charge in [0.1, 0.15) is 30.2 Å². The number of carbonyl (C=O) groups is 2. The molecule has 7 nitrogen and oxygen atoms in total. The average molecular weight is 524 g/mol. The lowest BCUT2D eigenvalue weighted by atomic mass is 9.73. The molecule has 3 aliphatic rings. The minimum atomic E-state index is -0.766. The van der Waals surface area contributed by atoms with Gasteiger partial charge in [-0.15, -0.1) is 0 Å². The van der Waals surface area contributed by atoms with E-state index in [2.05, 4.69) is 23.5 Å². The monoisotopic (exact) mass is 523 g/mol. The van der Waals surface area contributed by atoms with Crippen LogP contribution in [0.15, 0.2) is 71.5 Å². The van der Waals surface area contributed by atoms with Crippen LogP contribution in [-0.2, 0) is 9.59 Å². The van der Waals surface area contributed by atoms with E-state index in [-0.39, 0.29) is 23.4 Å². The summed E-state index contributed by atoms with van der Waals surface area (Å²) in [7, 11) is 0. The quantitative estimate of drug-likeness (QED) is 0.439. The van der Waals surface area contributed by atoms with Crippen LogP contribution in [-0.4, -0.2) is 23.4 Å². The number of para-hydroxylation sites is 1. The lowest BCUT2D eigenvalue weighted by Gasteiger charge is -2.37. The van der Waals surface area contributed by atoms with Crippen LogP contribution in [0.25, 0.3) is 0 Å². The number of phenolic OH excluding ortho intramolecular Hbond substituents is 1. The molecule has 0 aromatic heterocycles. The Labute approximate surface area is 229 Å². The van der Waals surface area contributed by atoms with Crippen LogP contribution in [0.1, 0.15) is 63.1 Å². The SMILES string of the molecule is Cc1cc(OCC2=CCCC=C2)ccc1C1C2=C(CC(C)(C)CC2=O)Nc2c(O)cccc2N1C(=O)CC#N. The number of fused-ring (bicyclic) bond motifs is 1. The molecule has 1 atom stereocenters. The number of nitriles is 1. The number of phenols is 1. The number of carbonyl (C=O) groups excluding carboxylic acids is 2. The molecule has 0 fully saturated rings. The van der Waals surface area contributed by atoms with Gasteiger partial charge in [0.25, 0.3) is 0 Å². The van der Waals surface area contributed by atoms with Crippen LogP contribution in [0, 0.1) is 23.7 Å². The van der Waals surface area contributed by atoms with Crippen LogP contribution >= 0.6 is 0 Å². The standard InChI is InChI=1S/C32H33N3O4/c1-20-16-22(39-19-21-8-5-4-6-9-21)12-13-23(20)31-29-24(17-32(2,3)18-27(29)37)34-30-25(10-7-11-26(30)36)35(31)28(38)14-15-33/h5,7-13,16,31,34,36H,4,6,14,17-19H2,1-3H3. The highest BCUT2D eigenvalue weighted by Gasteiger charge is 2.44. The summed E-state index contributed by atoms with van der Waals surface area (Å²) in [5, 5.41) is 23.6. The Hall–Kier alpha value is -4.31. The molecule has 0 radical (unpaired) electrons. The Morgan fingerprint density at radius 3 is 2.77 bits per heavy atom. The number of benzene rings is 2. The third-order valence-electron chi connectivity index (χ3n) is 7.52. The molecule has 2 aromatic carbocycles. The number of ketones is 1. The highest BCUT2D eigenvalue weighted by molar-refractivity contribution is 6.07. The molecule has 1 aliphatic heterocycles. The van der Waals surface area contributed by atoms with Gasteiger partial charge in [-0.3, -0.25) is 14.5 Å². The van der Waals surface area contributed by atoms with Crippen molar-refractivity contribution in [1.82, 2.24) is 0 Å². The Balaban J connectivity index is 1.64. The molecule has 39 heavy (non-hydrogen) atoms. The third kappa shape index (κ3) is 5.20. The lowest BCUT2D eigenvalue weighted by Crippen LogP contribution is -2.39. The Morgan fingerprint density at radius 1 is 1.23 bits per heavy atom. The first-order valence-corrected chi connectivity index (χ1v) is 13.3. The fourth-order valence-corrected chi connectivity index (χ4v) is 5.75. The summed E-state index contributed by atoms with van der Waals surface area (Å²) >= 11 is 0. The molecule has 200 valence electrons. The van der Waals surface area contributed by atoms with E-state index in [9.17, 15) is 20.0 Å². The summed E-state index contributed by atoms with van der Waals surface area (Å²) in [6.45, 7) is 6.48. The Morgan fingerprint density at radius 2 is 2.05 bits per heavy atom. The van der Waals surface area contributed by atoms with Gasteiger partial charge in [-0.2, -0.15) is 5.26 Å². The Bertz CT molecular complexity index is 1470. The summed E-state index contributed by atoms with van der Waals surface area (Å²) in [6.07, 6.45) is 8.99. The van der Waals surface area contributed by atoms with Crippen molar-refractivity contribution in [2.75, 3.05) is 16.8 Å². The minimum Gasteiger partial charge on any atom is -0.506 e. The molecule has 1 amide bonds. The number of hydrogen-bond donors (Lipinski definition) is 2. The number of rotatable bonds is 5. The fraction of sp³-hybridized carbons (Fsp3) is 0.344. The normalized spacial score (nSPS) is 19.7. The first-order valence-electron chi connectivity index (χ1n) is 13.3. The second-order valence-electron chi connectivity index (χ2n) is 11.2. The molecule has 5 rings (SSSR count). The van der Waals surface area contributed by atoms with Gasteiger partial charge in [0, 0.05) is 17.7 Å². The molecule has 2 aliphatic carbocycles. The first-order chi connectivity index (χ1) is 18.7. The van der Waals surface area contributed by atoms with E-state index in [1.165, 1.54) is 4.90 Å². The summed E-state index contributed by atoms with van der Waals surface area (Å²) < 4.78 is 6.07. The maximum absolute atomic E-state index is 13.8. The number of nitrogens with zero attached hydrogens (tertiary/aromatic N) is 2. The molecular weight excluding hydrogens is 490 g/mol. The van der Waals surface area contributed by atoms with Crippen LogP contribution in [0.3, 0.4) is 0 Å². The molecule has 0 spiro atoms. The van der Waals surface area contributed by atoms with E-state index in [1.807, 2.05) is 45.0 Å². The van der Waals surface area contributed by atoms with E-state index < -0.39 is 11.9 Å². The maximum atomic E-state index is 13.8. The summed E-state index contributed by atoms with van der Waals surface area (Å²) in [5.74, 6) is 0.160. The molecule has 2 N–H and O–H groups in total. The van der Waals surface area contributed by atoms with Gasteiger partial charge in [-0.1, -0.05) is 44.2 Å². The molecule has 1 heterocycles. The van der Waals surface area contributed by atoms with Gasteiger partial charge in [0.2, 0.25) is 5.91 Å². The third-order valence-corrected chi connectivity index (χ3v) is 7.52. The maximum Gasteiger partial charge on any atom is 0.242 e. The summed E-state index contributed by atoms with van der Waals surface area (Å²) in [4.78, 5) is 28.9. The molecule has 1 unspecified atom stereocenters. The zero-order valence-corrected chi connectivity index (χ0v) is 22.6. The second kappa shape index (κ2) is 10.5. The van der Waals surface area contributed by atoms with E-state index >= 15 is 0 Å². The molecular formula is C32H33N3O4. The van der Waals surface area contributed by atoms with Crippen molar-refractivity contribution in [3.63, 3.8) is 0 Å². The van der Waals surface area contributed by atoms with E-state index in [0.29, 0.717) is 47.8 Å². The van der Waals surface area contributed by atoms with Crippen molar-refractivity contribution in [3.8, 4) is 17.6 Å². The predicted molar refractivity (Wildman–Crippen MR) is 150 cm³/mol.